The number of halogens is 1. The van der Waals surface area contributed by atoms with Gasteiger partial charge in [0.15, 0.2) is 0 Å². The van der Waals surface area contributed by atoms with E-state index in [1.807, 2.05) is 55.5 Å². The standard InChI is InChI=1S/C56H65FN10O4/c1-34-26-41(28-45(57)51(34)39-15-22-64(23-16-39)36(3)48-29-43-42(12-19-59-52(43)62(48)5)40-7-10-49(58-4)60-30-40)54(70)65-20-13-37(14-21-65)33-66-25-24-63(31-35(66)2)32-38-6-8-46-44(27-38)56(17-18-56)55(71)67(46)47-9-11-50(68)61-53(47)69/h6-8,10,12,15,19,26-30,35-37,47H,9,11,13-14,16-18,20-25,31-33H2,1-5H3,(H,58,60)(H,61,68,69)/t35-,36-,47?/m0/s1. The maximum absolute atomic E-state index is 16.2. The summed E-state index contributed by atoms with van der Waals surface area (Å²) in [6, 6.07) is 17.8. The van der Waals surface area contributed by atoms with Gasteiger partial charge >= 0.3 is 0 Å². The lowest BCUT2D eigenvalue weighted by Gasteiger charge is -2.42. The number of hydrogen-bond donors (Lipinski definition) is 2. The van der Waals surface area contributed by atoms with Crippen LogP contribution in [0.25, 0.3) is 27.7 Å². The Morgan fingerprint density at radius 2 is 1.77 bits per heavy atom. The zero-order valence-electron chi connectivity index (χ0n) is 41.6. The topological polar surface area (TPSA) is 139 Å². The molecule has 5 aromatic rings. The molecule has 5 aliphatic heterocycles. The van der Waals surface area contributed by atoms with Crippen LogP contribution in [0.15, 0.2) is 73.1 Å². The quantitative estimate of drug-likeness (QED) is 0.131. The normalized spacial score (nSPS) is 22.5. The van der Waals surface area contributed by atoms with Crippen LogP contribution >= 0.6 is 0 Å². The molecule has 2 aromatic carbocycles. The number of piperazine rings is 1. The van der Waals surface area contributed by atoms with E-state index in [0.29, 0.717) is 55.6 Å². The fourth-order valence-corrected chi connectivity index (χ4v) is 12.5. The minimum Gasteiger partial charge on any atom is -0.373 e. The first-order valence-electron chi connectivity index (χ1n) is 25.7. The van der Waals surface area contributed by atoms with E-state index in [1.54, 1.807) is 4.90 Å². The van der Waals surface area contributed by atoms with Gasteiger partial charge in [-0.05, 0) is 136 Å². The fourth-order valence-electron chi connectivity index (χ4n) is 12.5. The number of nitrogens with one attached hydrogen (secondary N) is 2. The van der Waals surface area contributed by atoms with Gasteiger partial charge in [0.2, 0.25) is 17.7 Å². The summed E-state index contributed by atoms with van der Waals surface area (Å²) in [5.41, 5.74) is 9.55. The van der Waals surface area contributed by atoms with Crippen LogP contribution < -0.4 is 15.5 Å². The van der Waals surface area contributed by atoms with Crippen molar-refractivity contribution in [1.29, 1.82) is 0 Å². The van der Waals surface area contributed by atoms with Gasteiger partial charge in [0.05, 0.1) is 5.41 Å². The molecule has 6 aliphatic rings. The van der Waals surface area contributed by atoms with Crippen molar-refractivity contribution in [2.75, 3.05) is 69.6 Å². The molecule has 1 spiro atoms. The highest BCUT2D eigenvalue weighted by atomic mass is 19.1. The predicted octanol–water partition coefficient (Wildman–Crippen LogP) is 7.22. The van der Waals surface area contributed by atoms with E-state index in [9.17, 15) is 19.2 Å². The summed E-state index contributed by atoms with van der Waals surface area (Å²) >= 11 is 0. The molecule has 0 bridgehead atoms. The summed E-state index contributed by atoms with van der Waals surface area (Å²) in [7, 11) is 3.93. The highest BCUT2D eigenvalue weighted by Gasteiger charge is 2.61. The summed E-state index contributed by atoms with van der Waals surface area (Å²) in [5, 5.41) is 6.60. The minimum atomic E-state index is -0.643. The first kappa shape index (κ1) is 47.1. The van der Waals surface area contributed by atoms with E-state index < -0.39 is 11.5 Å². The number of amides is 4. The van der Waals surface area contributed by atoms with Crippen LogP contribution in [0.1, 0.15) is 103 Å². The van der Waals surface area contributed by atoms with Gasteiger partial charge in [0, 0.05) is 137 Å². The van der Waals surface area contributed by atoms with Gasteiger partial charge in [-0.2, -0.15) is 0 Å². The van der Waals surface area contributed by atoms with E-state index in [1.165, 1.54) is 17.3 Å². The number of aromatic nitrogens is 3. The third-order valence-corrected chi connectivity index (χ3v) is 16.8. The van der Waals surface area contributed by atoms with Gasteiger partial charge in [0.1, 0.15) is 23.3 Å². The van der Waals surface area contributed by atoms with Crippen molar-refractivity contribution in [2.45, 2.75) is 95.8 Å². The molecule has 8 heterocycles. The molecule has 3 saturated heterocycles. The van der Waals surface area contributed by atoms with Crippen LogP contribution in [0.4, 0.5) is 15.9 Å². The van der Waals surface area contributed by atoms with E-state index in [2.05, 4.69) is 86.1 Å². The number of benzene rings is 2. The lowest BCUT2D eigenvalue weighted by atomic mass is 9.92. The number of nitrogens with zero attached hydrogens (tertiary/aromatic N) is 8. The molecule has 11 rings (SSSR count). The molecule has 4 fully saturated rings. The number of hydrogen-bond acceptors (Lipinski definition) is 10. The average Bonchev–Trinajstić information content (AvgIpc) is 4.07. The molecular formula is C56H65FN10O4. The number of imide groups is 1. The first-order valence-corrected chi connectivity index (χ1v) is 25.7. The number of anilines is 2. The number of fused-ring (bicyclic) bond motifs is 3. The minimum absolute atomic E-state index is 0.00117. The average molecular weight is 961 g/mol. The molecule has 1 unspecified atom stereocenters. The van der Waals surface area contributed by atoms with Crippen LogP contribution in [0.5, 0.6) is 0 Å². The van der Waals surface area contributed by atoms with E-state index >= 15 is 4.39 Å². The number of rotatable bonds is 11. The highest BCUT2D eigenvalue weighted by molar-refractivity contribution is 6.15. The molecule has 14 nitrogen and oxygen atoms in total. The zero-order chi connectivity index (χ0) is 49.3. The Bertz CT molecular complexity index is 2950. The molecule has 2 N–H and O–H groups in total. The largest absolute Gasteiger partial charge is 0.373 e. The second-order valence-electron chi connectivity index (χ2n) is 21.1. The molecule has 15 heteroatoms. The van der Waals surface area contributed by atoms with Gasteiger partial charge in [0.25, 0.3) is 5.91 Å². The highest BCUT2D eigenvalue weighted by Crippen LogP contribution is 2.58. The van der Waals surface area contributed by atoms with Crippen LogP contribution in [0.2, 0.25) is 0 Å². The van der Waals surface area contributed by atoms with Gasteiger partial charge in [-0.1, -0.05) is 18.2 Å². The number of aryl methyl sites for hydroxylation is 2. The van der Waals surface area contributed by atoms with Gasteiger partial charge in [-0.3, -0.25) is 44.1 Å². The summed E-state index contributed by atoms with van der Waals surface area (Å²) in [6.07, 6.45) is 10.6. The van der Waals surface area contributed by atoms with Gasteiger partial charge < -0.3 is 14.8 Å². The zero-order valence-corrected chi connectivity index (χ0v) is 41.6. The van der Waals surface area contributed by atoms with E-state index in [0.717, 1.165) is 115 Å². The van der Waals surface area contributed by atoms with Crippen molar-refractivity contribution in [3.8, 4) is 11.1 Å². The Labute approximate surface area is 415 Å². The van der Waals surface area contributed by atoms with Gasteiger partial charge in [-0.25, -0.2) is 14.4 Å². The number of likely N-dealkylation sites (tertiary alicyclic amines) is 1. The van der Waals surface area contributed by atoms with Crippen molar-refractivity contribution >= 4 is 51.7 Å². The summed E-state index contributed by atoms with van der Waals surface area (Å²) < 4.78 is 18.3. The molecule has 3 atom stereocenters. The Morgan fingerprint density at radius 3 is 2.46 bits per heavy atom. The Hall–Kier alpha value is -6.29. The van der Waals surface area contributed by atoms with Crippen LogP contribution in [0.3, 0.4) is 0 Å². The van der Waals surface area contributed by atoms with Crippen molar-refractivity contribution < 1.29 is 23.6 Å². The Balaban J connectivity index is 0.668. The smallest absolute Gasteiger partial charge is 0.253 e. The Morgan fingerprint density at radius 1 is 0.958 bits per heavy atom. The lowest BCUT2D eigenvalue weighted by Crippen LogP contribution is -2.54. The Kier molecular flexibility index (Phi) is 12.4. The predicted molar refractivity (Wildman–Crippen MR) is 273 cm³/mol. The SMILES string of the molecule is CNc1ccc(-c2ccnc3c2cc([C@H](C)N2CC=C(c4c(C)cc(C(=O)N5CCC(CN6CCN(Cc7ccc8c(c7)C7(CC7)C(=O)N8C7CCC(=O)NC7=O)C[C@@H]6C)CC5)cc4F)CC2)n3C)cn1. The molecule has 0 radical (unpaired) electrons. The number of piperidine rings is 2. The number of carbonyl (C=O) groups excluding carboxylic acids is 4. The summed E-state index contributed by atoms with van der Waals surface area (Å²) in [5.74, 6) is 0.218. The number of pyridine rings is 2. The monoisotopic (exact) mass is 961 g/mol. The molecule has 370 valence electrons. The third kappa shape index (κ3) is 8.63. The maximum atomic E-state index is 16.2. The molecule has 71 heavy (non-hydrogen) atoms. The maximum Gasteiger partial charge on any atom is 0.253 e. The van der Waals surface area contributed by atoms with Crippen molar-refractivity contribution in [2.24, 2.45) is 13.0 Å². The van der Waals surface area contributed by atoms with Crippen molar-refractivity contribution in [1.82, 2.24) is 39.5 Å². The molecule has 1 aliphatic carbocycles. The van der Waals surface area contributed by atoms with E-state index in [4.69, 9.17) is 4.98 Å². The van der Waals surface area contributed by atoms with E-state index in [-0.39, 0.29) is 41.9 Å². The number of carbonyl (C=O) groups is 4. The summed E-state index contributed by atoms with van der Waals surface area (Å²) in [4.78, 5) is 72.6. The second kappa shape index (κ2) is 18.7. The lowest BCUT2D eigenvalue weighted by molar-refractivity contribution is -0.135. The van der Waals surface area contributed by atoms with Crippen LogP contribution in [0, 0.1) is 18.7 Å². The fraction of sp³-hybridized carbons (Fsp3) is 0.464. The second-order valence-corrected chi connectivity index (χ2v) is 21.1. The van der Waals surface area contributed by atoms with Crippen molar-refractivity contribution in [3.05, 3.63) is 112 Å². The summed E-state index contributed by atoms with van der Waals surface area (Å²) in [6.45, 7) is 13.9. The third-order valence-electron chi connectivity index (χ3n) is 16.8. The van der Waals surface area contributed by atoms with Gasteiger partial charge in [-0.15, -0.1) is 0 Å². The van der Waals surface area contributed by atoms with Crippen molar-refractivity contribution in [3.63, 3.8) is 0 Å². The van der Waals surface area contributed by atoms with Crippen LogP contribution in [-0.2, 0) is 33.4 Å². The molecule has 3 aromatic heterocycles. The first-order chi connectivity index (χ1) is 34.3. The molecule has 4 amide bonds. The molecule has 1 saturated carbocycles. The molecular weight excluding hydrogens is 896 g/mol. The van der Waals surface area contributed by atoms with Crippen LogP contribution in [-0.4, -0.2) is 129 Å².